The van der Waals surface area contributed by atoms with Gasteiger partial charge in [-0.25, -0.2) is 4.39 Å². The van der Waals surface area contributed by atoms with E-state index < -0.39 is 37.1 Å². The Hall–Kier alpha value is -0.560. The molecule has 6 heteroatoms. The smallest absolute Gasteiger partial charge is 0.262 e. The summed E-state index contributed by atoms with van der Waals surface area (Å²) in [6.45, 7) is -1.74. The molecular weight excluding hydrogens is 171 g/mol. The van der Waals surface area contributed by atoms with Gasteiger partial charge in [-0.05, 0) is 0 Å². The number of alkyl halides is 1. The molecule has 70 valence electrons. The molecule has 1 aliphatic heterocycles. The molecule has 0 bridgehead atoms. The summed E-state index contributed by atoms with van der Waals surface area (Å²) in [6, 6.07) is 0. The summed E-state index contributed by atoms with van der Waals surface area (Å²) in [5.74, 6) is -3.53. The zero-order valence-electron chi connectivity index (χ0n) is 6.11. The third-order valence-electron chi connectivity index (χ3n) is 1.74. The second-order valence-electron chi connectivity index (χ2n) is 2.59. The number of hydrogen-bond donors (Lipinski definition) is 3. The molecule has 5 nitrogen and oxygen atoms in total. The largest absolute Gasteiger partial charge is 0.390 e. The van der Waals surface area contributed by atoms with E-state index in [0.717, 1.165) is 0 Å². The number of Topliss-reactive ketones (excluding diaryl/α,β-unsaturated/α-hetero) is 1. The van der Waals surface area contributed by atoms with Crippen molar-refractivity contribution in [3.63, 3.8) is 0 Å². The van der Waals surface area contributed by atoms with Gasteiger partial charge < -0.3 is 20.1 Å². The lowest BCUT2D eigenvalue weighted by molar-refractivity contribution is -0.261. The molecular formula is C6H9FO5. The Morgan fingerprint density at radius 1 is 1.67 bits per heavy atom. The SMILES string of the molecule is O=C1CO[C@@](F)(CO)[C@@H](O)[C@@H]1O. The van der Waals surface area contributed by atoms with Crippen molar-refractivity contribution in [2.24, 2.45) is 0 Å². The van der Waals surface area contributed by atoms with Crippen molar-refractivity contribution >= 4 is 5.78 Å². The fourth-order valence-corrected chi connectivity index (χ4v) is 0.913. The van der Waals surface area contributed by atoms with Gasteiger partial charge in [0.25, 0.3) is 5.85 Å². The fraction of sp³-hybridized carbons (Fsp3) is 0.833. The molecule has 0 spiro atoms. The number of carbonyl (C=O) groups is 1. The lowest BCUT2D eigenvalue weighted by Gasteiger charge is -2.34. The first kappa shape index (κ1) is 9.53. The maximum absolute atomic E-state index is 13.1. The quantitative estimate of drug-likeness (QED) is 0.433. The average Bonchev–Trinajstić information content (AvgIpc) is 2.09. The van der Waals surface area contributed by atoms with Crippen LogP contribution in [0.25, 0.3) is 0 Å². The van der Waals surface area contributed by atoms with Crippen molar-refractivity contribution in [3.8, 4) is 0 Å². The van der Waals surface area contributed by atoms with E-state index in [2.05, 4.69) is 4.74 Å². The Morgan fingerprint density at radius 3 is 2.75 bits per heavy atom. The highest BCUT2D eigenvalue weighted by Gasteiger charge is 2.49. The van der Waals surface area contributed by atoms with E-state index >= 15 is 0 Å². The van der Waals surface area contributed by atoms with Gasteiger partial charge in [0, 0.05) is 0 Å². The van der Waals surface area contributed by atoms with Crippen LogP contribution in [0.15, 0.2) is 0 Å². The Morgan fingerprint density at radius 2 is 2.25 bits per heavy atom. The first-order valence-electron chi connectivity index (χ1n) is 3.34. The van der Waals surface area contributed by atoms with Gasteiger partial charge in [0.15, 0.2) is 5.78 Å². The average molecular weight is 180 g/mol. The van der Waals surface area contributed by atoms with E-state index in [1.54, 1.807) is 0 Å². The van der Waals surface area contributed by atoms with Crippen LogP contribution >= 0.6 is 0 Å². The molecule has 1 aliphatic rings. The summed E-state index contributed by atoms with van der Waals surface area (Å²) in [5.41, 5.74) is 0. The molecule has 0 saturated carbocycles. The van der Waals surface area contributed by atoms with Gasteiger partial charge in [0.1, 0.15) is 25.4 Å². The minimum atomic E-state index is -2.73. The predicted molar refractivity (Wildman–Crippen MR) is 33.9 cm³/mol. The second kappa shape index (κ2) is 3.06. The maximum Gasteiger partial charge on any atom is 0.262 e. The Labute approximate surface area is 67.4 Å². The number of rotatable bonds is 1. The van der Waals surface area contributed by atoms with Gasteiger partial charge in [-0.15, -0.1) is 0 Å². The maximum atomic E-state index is 13.1. The standard InChI is InChI=1S/C6H9FO5/c7-6(2-8)5(11)4(10)3(9)1-12-6/h4-5,8,10-11H,1-2H2/t4-,5+,6+/m1/s1. The van der Waals surface area contributed by atoms with Gasteiger partial charge in [-0.2, -0.15) is 0 Å². The first-order chi connectivity index (χ1) is 5.51. The normalized spacial score (nSPS) is 43.2. The van der Waals surface area contributed by atoms with Crippen molar-refractivity contribution in [2.75, 3.05) is 13.2 Å². The van der Waals surface area contributed by atoms with Crippen LogP contribution in [-0.2, 0) is 9.53 Å². The highest BCUT2D eigenvalue weighted by molar-refractivity contribution is 5.85. The Bertz CT molecular complexity index is 196. The van der Waals surface area contributed by atoms with Gasteiger partial charge in [0.05, 0.1) is 0 Å². The van der Waals surface area contributed by atoms with Crippen molar-refractivity contribution in [3.05, 3.63) is 0 Å². The van der Waals surface area contributed by atoms with Crippen LogP contribution in [0.4, 0.5) is 4.39 Å². The molecule has 3 N–H and O–H groups in total. The molecule has 0 unspecified atom stereocenters. The zero-order valence-corrected chi connectivity index (χ0v) is 6.11. The van der Waals surface area contributed by atoms with Crippen LogP contribution in [0.5, 0.6) is 0 Å². The van der Waals surface area contributed by atoms with Crippen LogP contribution < -0.4 is 0 Å². The number of hydrogen-bond acceptors (Lipinski definition) is 5. The first-order valence-corrected chi connectivity index (χ1v) is 3.34. The summed E-state index contributed by atoms with van der Waals surface area (Å²) in [6.07, 6.45) is -3.85. The van der Waals surface area contributed by atoms with E-state index in [1.165, 1.54) is 0 Å². The monoisotopic (exact) mass is 180 g/mol. The third-order valence-corrected chi connectivity index (χ3v) is 1.74. The summed E-state index contributed by atoms with van der Waals surface area (Å²) in [7, 11) is 0. The molecule has 0 radical (unpaired) electrons. The van der Waals surface area contributed by atoms with Gasteiger partial charge in [-0.1, -0.05) is 0 Å². The van der Waals surface area contributed by atoms with Crippen LogP contribution in [0, 0.1) is 0 Å². The van der Waals surface area contributed by atoms with Crippen LogP contribution in [-0.4, -0.2) is 52.4 Å². The Kier molecular flexibility index (Phi) is 2.43. The molecule has 0 aromatic heterocycles. The lowest BCUT2D eigenvalue weighted by atomic mass is 10.00. The molecule has 1 rings (SSSR count). The van der Waals surface area contributed by atoms with Crippen molar-refractivity contribution < 1.29 is 29.2 Å². The molecule has 1 saturated heterocycles. The Balaban J connectivity index is 2.77. The molecule has 0 amide bonds. The summed E-state index contributed by atoms with van der Waals surface area (Å²) < 4.78 is 17.3. The number of ketones is 1. The number of aliphatic hydroxyl groups is 3. The predicted octanol–water partition coefficient (Wildman–Crippen LogP) is -2.03. The number of carbonyl (C=O) groups excluding carboxylic acids is 1. The highest BCUT2D eigenvalue weighted by Crippen LogP contribution is 2.25. The van der Waals surface area contributed by atoms with Gasteiger partial charge in [-0.3, -0.25) is 4.79 Å². The zero-order chi connectivity index (χ0) is 9.35. The number of ether oxygens (including phenoxy) is 1. The summed E-state index contributed by atoms with van der Waals surface area (Å²) in [5, 5.41) is 26.3. The summed E-state index contributed by atoms with van der Waals surface area (Å²) in [4.78, 5) is 10.6. The van der Waals surface area contributed by atoms with E-state index in [0.29, 0.717) is 0 Å². The van der Waals surface area contributed by atoms with Crippen LogP contribution in [0.2, 0.25) is 0 Å². The van der Waals surface area contributed by atoms with Crippen molar-refractivity contribution in [1.82, 2.24) is 0 Å². The molecule has 1 heterocycles. The fourth-order valence-electron chi connectivity index (χ4n) is 0.913. The lowest BCUT2D eigenvalue weighted by Crippen LogP contribution is -2.58. The third kappa shape index (κ3) is 1.34. The molecule has 0 aromatic rings. The molecule has 3 atom stereocenters. The summed E-state index contributed by atoms with van der Waals surface area (Å²) >= 11 is 0. The van der Waals surface area contributed by atoms with E-state index in [-0.39, 0.29) is 0 Å². The second-order valence-corrected chi connectivity index (χ2v) is 2.59. The van der Waals surface area contributed by atoms with Crippen molar-refractivity contribution in [1.29, 1.82) is 0 Å². The van der Waals surface area contributed by atoms with Crippen LogP contribution in [0.1, 0.15) is 0 Å². The number of halogens is 1. The number of aliphatic hydroxyl groups excluding tert-OH is 3. The van der Waals surface area contributed by atoms with E-state index in [1.807, 2.05) is 0 Å². The highest BCUT2D eigenvalue weighted by atomic mass is 19.2. The van der Waals surface area contributed by atoms with Gasteiger partial charge >= 0.3 is 0 Å². The van der Waals surface area contributed by atoms with E-state index in [9.17, 15) is 9.18 Å². The topological polar surface area (TPSA) is 87.0 Å². The minimum absolute atomic E-state index is 0.644. The molecule has 1 fully saturated rings. The molecule has 12 heavy (non-hydrogen) atoms. The minimum Gasteiger partial charge on any atom is -0.390 e. The van der Waals surface area contributed by atoms with Gasteiger partial charge in [0.2, 0.25) is 0 Å². The van der Waals surface area contributed by atoms with E-state index in [4.69, 9.17) is 15.3 Å². The van der Waals surface area contributed by atoms with Crippen LogP contribution in [0.3, 0.4) is 0 Å². The molecule has 0 aromatic carbocycles. The molecule has 0 aliphatic carbocycles. The van der Waals surface area contributed by atoms with Crippen molar-refractivity contribution in [2.45, 2.75) is 18.1 Å².